The van der Waals surface area contributed by atoms with Crippen molar-refractivity contribution in [3.8, 4) is 0 Å². The topological polar surface area (TPSA) is 47.8 Å². The van der Waals surface area contributed by atoms with Crippen LogP contribution in [0.1, 0.15) is 32.4 Å². The molecule has 84 valence electrons. The first-order chi connectivity index (χ1) is 7.58. The molecule has 0 radical (unpaired) electrons. The van der Waals surface area contributed by atoms with Crippen molar-refractivity contribution in [2.75, 3.05) is 0 Å². The van der Waals surface area contributed by atoms with Crippen LogP contribution in [0.5, 0.6) is 0 Å². The average Bonchev–Trinajstić information content (AvgIpc) is 2.59. The van der Waals surface area contributed by atoms with Crippen molar-refractivity contribution < 1.29 is 4.79 Å². The number of hydrogen-bond acceptors (Lipinski definition) is 3. The first-order valence-electron chi connectivity index (χ1n) is 5.41. The summed E-state index contributed by atoms with van der Waals surface area (Å²) in [6.45, 7) is 5.73. The molecule has 0 spiro atoms. The summed E-state index contributed by atoms with van der Waals surface area (Å²) in [5.74, 6) is 0.163. The first-order valence-corrected chi connectivity index (χ1v) is 5.41. The predicted molar refractivity (Wildman–Crippen MR) is 62.3 cm³/mol. The highest BCUT2D eigenvalue weighted by molar-refractivity contribution is 5.81. The van der Waals surface area contributed by atoms with E-state index in [1.54, 1.807) is 6.92 Å². The first kappa shape index (κ1) is 10.8. The van der Waals surface area contributed by atoms with E-state index in [0.29, 0.717) is 12.5 Å². The lowest BCUT2D eigenvalue weighted by molar-refractivity contribution is -0.116. The summed E-state index contributed by atoms with van der Waals surface area (Å²) in [6.07, 6.45) is 0.463. The molecule has 0 saturated carbocycles. The number of ketones is 1. The van der Waals surface area contributed by atoms with Gasteiger partial charge in [-0.25, -0.2) is 4.68 Å². The second-order valence-corrected chi connectivity index (χ2v) is 4.33. The van der Waals surface area contributed by atoms with Crippen LogP contribution in [0.2, 0.25) is 0 Å². The zero-order valence-electron chi connectivity index (χ0n) is 9.77. The number of hydrogen-bond donors (Lipinski definition) is 0. The molecule has 0 aliphatic heterocycles. The molecule has 0 saturated heterocycles. The molecule has 1 aromatic heterocycles. The summed E-state index contributed by atoms with van der Waals surface area (Å²) < 4.78 is 1.88. The van der Waals surface area contributed by atoms with Crippen molar-refractivity contribution in [2.24, 2.45) is 0 Å². The van der Waals surface area contributed by atoms with Crippen LogP contribution in [-0.2, 0) is 11.2 Å². The zero-order chi connectivity index (χ0) is 11.7. The second-order valence-electron chi connectivity index (χ2n) is 4.33. The van der Waals surface area contributed by atoms with Gasteiger partial charge in [-0.15, -0.1) is 5.10 Å². The fraction of sp³-hybridized carbons (Fsp3) is 0.417. The van der Waals surface area contributed by atoms with Gasteiger partial charge in [-0.3, -0.25) is 4.79 Å². The van der Waals surface area contributed by atoms with E-state index in [1.165, 1.54) is 0 Å². The van der Waals surface area contributed by atoms with Crippen LogP contribution in [0.15, 0.2) is 18.2 Å². The van der Waals surface area contributed by atoms with Gasteiger partial charge in [0.15, 0.2) is 0 Å². The van der Waals surface area contributed by atoms with Gasteiger partial charge in [0.1, 0.15) is 11.3 Å². The smallest absolute Gasteiger partial charge is 0.134 e. The Morgan fingerprint density at radius 1 is 1.44 bits per heavy atom. The number of carbonyl (C=O) groups excluding carboxylic acids is 1. The standard InChI is InChI=1S/C12H15N3O/c1-8(2)15-12-5-4-10(6-9(3)16)7-11(12)13-14-15/h4-5,7-8H,6H2,1-3H3. The van der Waals surface area contributed by atoms with Gasteiger partial charge in [-0.1, -0.05) is 11.3 Å². The molecule has 0 unspecified atom stereocenters. The Kier molecular flexibility index (Phi) is 2.73. The van der Waals surface area contributed by atoms with E-state index in [2.05, 4.69) is 24.2 Å². The molecule has 0 amide bonds. The summed E-state index contributed by atoms with van der Waals surface area (Å²) in [4.78, 5) is 11.0. The number of Topliss-reactive ketones (excluding diaryl/α,β-unsaturated/α-hetero) is 1. The molecule has 0 bridgehead atoms. The van der Waals surface area contributed by atoms with Gasteiger partial charge in [-0.05, 0) is 38.5 Å². The van der Waals surface area contributed by atoms with Gasteiger partial charge in [0, 0.05) is 12.5 Å². The SMILES string of the molecule is CC(=O)Cc1ccc2c(c1)nnn2C(C)C. The van der Waals surface area contributed by atoms with E-state index in [1.807, 2.05) is 22.9 Å². The van der Waals surface area contributed by atoms with Crippen molar-refractivity contribution >= 4 is 16.8 Å². The van der Waals surface area contributed by atoms with Crippen LogP contribution < -0.4 is 0 Å². The Morgan fingerprint density at radius 3 is 2.81 bits per heavy atom. The molecular formula is C12H15N3O. The van der Waals surface area contributed by atoms with E-state index in [9.17, 15) is 4.79 Å². The van der Waals surface area contributed by atoms with Crippen LogP contribution in [0, 0.1) is 0 Å². The lowest BCUT2D eigenvalue weighted by Gasteiger charge is -2.05. The van der Waals surface area contributed by atoms with Crippen molar-refractivity contribution in [3.63, 3.8) is 0 Å². The minimum Gasteiger partial charge on any atom is -0.300 e. The molecule has 2 aromatic rings. The Hall–Kier alpha value is -1.71. The second kappa shape index (κ2) is 4.04. The maximum absolute atomic E-state index is 11.0. The maximum atomic E-state index is 11.0. The summed E-state index contributed by atoms with van der Waals surface area (Å²) in [7, 11) is 0. The number of aromatic nitrogens is 3. The number of fused-ring (bicyclic) bond motifs is 1. The molecule has 1 heterocycles. The summed E-state index contributed by atoms with van der Waals surface area (Å²) >= 11 is 0. The maximum Gasteiger partial charge on any atom is 0.134 e. The molecule has 16 heavy (non-hydrogen) atoms. The number of rotatable bonds is 3. The summed E-state index contributed by atoms with van der Waals surface area (Å²) in [5, 5.41) is 8.21. The fourth-order valence-electron chi connectivity index (χ4n) is 1.77. The zero-order valence-corrected chi connectivity index (χ0v) is 9.77. The van der Waals surface area contributed by atoms with E-state index in [0.717, 1.165) is 16.6 Å². The largest absolute Gasteiger partial charge is 0.300 e. The highest BCUT2D eigenvalue weighted by Gasteiger charge is 2.08. The highest BCUT2D eigenvalue weighted by Crippen LogP contribution is 2.17. The number of benzene rings is 1. The van der Waals surface area contributed by atoms with Crippen LogP contribution in [0.3, 0.4) is 0 Å². The molecule has 0 fully saturated rings. The van der Waals surface area contributed by atoms with Crippen molar-refractivity contribution in [3.05, 3.63) is 23.8 Å². The molecule has 4 nitrogen and oxygen atoms in total. The fourth-order valence-corrected chi connectivity index (χ4v) is 1.77. The van der Waals surface area contributed by atoms with Gasteiger partial charge in [0.2, 0.25) is 0 Å². The molecule has 2 rings (SSSR count). The molecular weight excluding hydrogens is 202 g/mol. The van der Waals surface area contributed by atoms with Crippen molar-refractivity contribution in [1.82, 2.24) is 15.0 Å². The molecule has 0 atom stereocenters. The van der Waals surface area contributed by atoms with Crippen LogP contribution in [0.25, 0.3) is 11.0 Å². The number of nitrogens with zero attached hydrogens (tertiary/aromatic N) is 3. The Labute approximate surface area is 94.3 Å². The van der Waals surface area contributed by atoms with Crippen LogP contribution >= 0.6 is 0 Å². The average molecular weight is 217 g/mol. The van der Waals surface area contributed by atoms with E-state index in [-0.39, 0.29) is 5.78 Å². The molecule has 0 aliphatic carbocycles. The predicted octanol–water partition coefficient (Wildman–Crippen LogP) is 2.14. The Bertz CT molecular complexity index is 528. The van der Waals surface area contributed by atoms with Gasteiger partial charge in [0.25, 0.3) is 0 Å². The third kappa shape index (κ3) is 1.96. The molecule has 0 N–H and O–H groups in total. The van der Waals surface area contributed by atoms with E-state index in [4.69, 9.17) is 0 Å². The summed E-state index contributed by atoms with van der Waals surface area (Å²) in [6, 6.07) is 6.17. The van der Waals surface area contributed by atoms with Gasteiger partial charge in [-0.2, -0.15) is 0 Å². The lowest BCUT2D eigenvalue weighted by atomic mass is 10.1. The number of carbonyl (C=O) groups is 1. The minimum atomic E-state index is 0.163. The van der Waals surface area contributed by atoms with Gasteiger partial charge >= 0.3 is 0 Å². The molecule has 4 heteroatoms. The third-order valence-electron chi connectivity index (χ3n) is 2.48. The van der Waals surface area contributed by atoms with Gasteiger partial charge < -0.3 is 0 Å². The third-order valence-corrected chi connectivity index (χ3v) is 2.48. The summed E-state index contributed by atoms with van der Waals surface area (Å²) in [5.41, 5.74) is 2.87. The highest BCUT2D eigenvalue weighted by atomic mass is 16.1. The van der Waals surface area contributed by atoms with E-state index >= 15 is 0 Å². The monoisotopic (exact) mass is 217 g/mol. The van der Waals surface area contributed by atoms with Crippen LogP contribution in [0.4, 0.5) is 0 Å². The Morgan fingerprint density at radius 2 is 2.19 bits per heavy atom. The normalized spacial score (nSPS) is 11.2. The van der Waals surface area contributed by atoms with Crippen LogP contribution in [-0.4, -0.2) is 20.8 Å². The Balaban J connectivity index is 2.45. The lowest BCUT2D eigenvalue weighted by Crippen LogP contribution is -2.02. The van der Waals surface area contributed by atoms with Crippen molar-refractivity contribution in [2.45, 2.75) is 33.2 Å². The van der Waals surface area contributed by atoms with E-state index < -0.39 is 0 Å². The molecule has 0 aliphatic rings. The quantitative estimate of drug-likeness (QED) is 0.791. The molecule has 1 aromatic carbocycles. The minimum absolute atomic E-state index is 0.163. The van der Waals surface area contributed by atoms with Crippen molar-refractivity contribution in [1.29, 1.82) is 0 Å². The van der Waals surface area contributed by atoms with Gasteiger partial charge in [0.05, 0.1) is 5.52 Å².